The van der Waals surface area contributed by atoms with E-state index >= 15 is 0 Å². The number of esters is 2. The summed E-state index contributed by atoms with van der Waals surface area (Å²) in [5.74, 6) is -2.27. The van der Waals surface area contributed by atoms with Crippen molar-refractivity contribution in [3.05, 3.63) is 17.5 Å². The van der Waals surface area contributed by atoms with Gasteiger partial charge in [0.05, 0.1) is 13.2 Å². The third-order valence-corrected chi connectivity index (χ3v) is 3.03. The molecule has 1 aliphatic heterocycles. The van der Waals surface area contributed by atoms with Gasteiger partial charge in [-0.2, -0.15) is 5.10 Å². The molecule has 0 saturated heterocycles. The highest BCUT2D eigenvalue weighted by Gasteiger charge is 2.36. The molecule has 0 N–H and O–H groups in total. The van der Waals surface area contributed by atoms with Crippen molar-refractivity contribution in [2.45, 2.75) is 26.8 Å². The van der Waals surface area contributed by atoms with Crippen LogP contribution in [-0.2, 0) is 20.8 Å². The van der Waals surface area contributed by atoms with Crippen molar-refractivity contribution >= 4 is 17.7 Å². The van der Waals surface area contributed by atoms with Crippen LogP contribution < -0.4 is 0 Å². The third-order valence-electron chi connectivity index (χ3n) is 3.03. The molecule has 0 bridgehead atoms. The summed E-state index contributed by atoms with van der Waals surface area (Å²) < 4.78 is 11.1. The monoisotopic (exact) mass is 280 g/mol. The predicted octanol–water partition coefficient (Wildman–Crippen LogP) is 0.826. The lowest BCUT2D eigenvalue weighted by atomic mass is 9.95. The smallest absolute Gasteiger partial charge is 0.358 e. The number of carbonyl (C=O) groups excluding carboxylic acids is 3. The first kappa shape index (κ1) is 14.2. The van der Waals surface area contributed by atoms with E-state index < -0.39 is 17.9 Å². The van der Waals surface area contributed by atoms with Crippen molar-refractivity contribution in [2.24, 2.45) is 5.92 Å². The van der Waals surface area contributed by atoms with Gasteiger partial charge in [-0.1, -0.05) is 0 Å². The van der Waals surface area contributed by atoms with Crippen LogP contribution in [0, 0.1) is 5.92 Å². The molecule has 0 radical (unpaired) electrons. The molecule has 0 aliphatic carbocycles. The summed E-state index contributed by atoms with van der Waals surface area (Å²) in [6.45, 7) is 4.24. The lowest BCUT2D eigenvalue weighted by molar-refractivity contribution is -0.146. The summed E-state index contributed by atoms with van der Waals surface area (Å²) >= 11 is 0. The Morgan fingerprint density at radius 1 is 1.35 bits per heavy atom. The van der Waals surface area contributed by atoms with Crippen molar-refractivity contribution in [3.8, 4) is 0 Å². The Labute approximate surface area is 115 Å². The van der Waals surface area contributed by atoms with Gasteiger partial charge in [-0.25, -0.2) is 4.79 Å². The zero-order valence-corrected chi connectivity index (χ0v) is 11.4. The molecule has 1 aromatic heterocycles. The van der Waals surface area contributed by atoms with Crippen molar-refractivity contribution in [1.29, 1.82) is 0 Å². The van der Waals surface area contributed by atoms with Crippen LogP contribution in [0.15, 0.2) is 6.07 Å². The Bertz CT molecular complexity index is 549. The first-order chi connectivity index (χ1) is 9.58. The molecule has 0 spiro atoms. The van der Waals surface area contributed by atoms with Gasteiger partial charge in [-0.05, 0) is 20.3 Å². The number of carbonyl (C=O) groups is 3. The number of ether oxygens (including phenoxy) is 2. The molecule has 2 heterocycles. The highest BCUT2D eigenvalue weighted by molar-refractivity contribution is 6.09. The van der Waals surface area contributed by atoms with Crippen molar-refractivity contribution in [1.82, 2.24) is 9.78 Å². The van der Waals surface area contributed by atoms with Gasteiger partial charge >= 0.3 is 11.9 Å². The van der Waals surface area contributed by atoms with E-state index in [2.05, 4.69) is 5.10 Å². The average molecular weight is 280 g/mol. The van der Waals surface area contributed by atoms with E-state index in [0.717, 1.165) is 0 Å². The van der Waals surface area contributed by atoms with Crippen LogP contribution in [0.3, 0.4) is 0 Å². The molecule has 7 nitrogen and oxygen atoms in total. The van der Waals surface area contributed by atoms with Gasteiger partial charge in [0.2, 0.25) is 0 Å². The van der Waals surface area contributed by atoms with E-state index in [1.54, 1.807) is 13.8 Å². The summed E-state index contributed by atoms with van der Waals surface area (Å²) in [5, 5.41) is 4.03. The molecule has 0 fully saturated rings. The normalized spacial score (nSPS) is 17.5. The number of hydrogen-bond acceptors (Lipinski definition) is 6. The molecule has 1 aliphatic rings. The number of ketones is 1. The standard InChI is InChI=1S/C13H16N2O5/c1-3-19-12(17)8-5-6-15-10(11(8)16)7-9(14-15)13(18)20-4-2/h7-8H,3-6H2,1-2H3. The number of fused-ring (bicyclic) bond motifs is 1. The van der Waals surface area contributed by atoms with Gasteiger partial charge in [0.25, 0.3) is 0 Å². The number of rotatable bonds is 4. The van der Waals surface area contributed by atoms with Crippen LogP contribution >= 0.6 is 0 Å². The van der Waals surface area contributed by atoms with E-state index in [1.165, 1.54) is 10.7 Å². The average Bonchev–Trinajstić information content (AvgIpc) is 2.84. The lowest BCUT2D eigenvalue weighted by Crippen LogP contribution is -2.33. The van der Waals surface area contributed by atoms with Gasteiger partial charge in [0, 0.05) is 12.6 Å². The summed E-state index contributed by atoms with van der Waals surface area (Å²) in [6, 6.07) is 1.37. The van der Waals surface area contributed by atoms with Crippen LogP contribution in [0.25, 0.3) is 0 Å². The lowest BCUT2D eigenvalue weighted by Gasteiger charge is -2.20. The Hall–Kier alpha value is -2.18. The minimum atomic E-state index is -0.811. The summed E-state index contributed by atoms with van der Waals surface area (Å²) in [7, 11) is 0. The second kappa shape index (κ2) is 5.85. The number of hydrogen-bond donors (Lipinski definition) is 0. The Balaban J connectivity index is 2.22. The fraction of sp³-hybridized carbons (Fsp3) is 0.538. The summed E-state index contributed by atoms with van der Waals surface area (Å²) in [6.07, 6.45) is 0.328. The molecule has 20 heavy (non-hydrogen) atoms. The zero-order valence-electron chi connectivity index (χ0n) is 11.4. The molecule has 7 heteroatoms. The van der Waals surface area contributed by atoms with Gasteiger partial charge in [0.15, 0.2) is 11.5 Å². The quantitative estimate of drug-likeness (QED) is 0.599. The second-order valence-corrected chi connectivity index (χ2v) is 4.32. The van der Waals surface area contributed by atoms with E-state index in [9.17, 15) is 14.4 Å². The van der Waals surface area contributed by atoms with Gasteiger partial charge in [-0.3, -0.25) is 14.3 Å². The zero-order chi connectivity index (χ0) is 14.7. The van der Waals surface area contributed by atoms with E-state index in [1.807, 2.05) is 0 Å². The van der Waals surface area contributed by atoms with E-state index in [0.29, 0.717) is 13.0 Å². The highest BCUT2D eigenvalue weighted by Crippen LogP contribution is 2.22. The molecule has 0 aromatic carbocycles. The summed E-state index contributed by atoms with van der Waals surface area (Å²) in [4.78, 5) is 35.5. The van der Waals surface area contributed by atoms with Crippen LogP contribution in [0.1, 0.15) is 41.2 Å². The van der Waals surface area contributed by atoms with Crippen LogP contribution in [-0.4, -0.2) is 40.7 Å². The molecule has 0 saturated carbocycles. The topological polar surface area (TPSA) is 87.5 Å². The molecular formula is C13H16N2O5. The maximum absolute atomic E-state index is 12.2. The van der Waals surface area contributed by atoms with Crippen LogP contribution in [0.5, 0.6) is 0 Å². The second-order valence-electron chi connectivity index (χ2n) is 4.32. The fourth-order valence-corrected chi connectivity index (χ4v) is 2.12. The molecule has 1 unspecified atom stereocenters. The number of aryl methyl sites for hydroxylation is 1. The number of aromatic nitrogens is 2. The summed E-state index contributed by atoms with van der Waals surface area (Å²) in [5.41, 5.74) is 0.331. The Morgan fingerprint density at radius 2 is 2.05 bits per heavy atom. The van der Waals surface area contributed by atoms with Crippen molar-refractivity contribution in [3.63, 3.8) is 0 Å². The van der Waals surface area contributed by atoms with Gasteiger partial charge < -0.3 is 9.47 Å². The van der Waals surface area contributed by atoms with Crippen molar-refractivity contribution in [2.75, 3.05) is 13.2 Å². The number of Topliss-reactive ketones (excluding diaryl/α,β-unsaturated/α-hetero) is 1. The van der Waals surface area contributed by atoms with Crippen LogP contribution in [0.4, 0.5) is 0 Å². The van der Waals surface area contributed by atoms with E-state index in [-0.39, 0.29) is 30.4 Å². The maximum Gasteiger partial charge on any atom is 0.358 e. The first-order valence-electron chi connectivity index (χ1n) is 6.54. The predicted molar refractivity (Wildman–Crippen MR) is 67.3 cm³/mol. The molecular weight excluding hydrogens is 264 g/mol. The maximum atomic E-state index is 12.2. The Morgan fingerprint density at radius 3 is 2.70 bits per heavy atom. The van der Waals surface area contributed by atoms with Gasteiger partial charge in [-0.15, -0.1) is 0 Å². The van der Waals surface area contributed by atoms with Crippen LogP contribution in [0.2, 0.25) is 0 Å². The number of nitrogens with zero attached hydrogens (tertiary/aromatic N) is 2. The van der Waals surface area contributed by atoms with Crippen molar-refractivity contribution < 1.29 is 23.9 Å². The van der Waals surface area contributed by atoms with Gasteiger partial charge in [0.1, 0.15) is 11.6 Å². The molecule has 2 rings (SSSR count). The van der Waals surface area contributed by atoms with E-state index in [4.69, 9.17) is 9.47 Å². The molecule has 1 atom stereocenters. The first-order valence-corrected chi connectivity index (χ1v) is 6.54. The molecule has 0 amide bonds. The third kappa shape index (κ3) is 2.56. The largest absolute Gasteiger partial charge is 0.465 e. The Kier molecular flexibility index (Phi) is 4.16. The SMILES string of the molecule is CCOC(=O)c1cc2n(n1)CCC(C(=O)OCC)C2=O. The minimum Gasteiger partial charge on any atom is -0.465 e. The fourth-order valence-electron chi connectivity index (χ4n) is 2.12. The minimum absolute atomic E-state index is 0.0831. The highest BCUT2D eigenvalue weighted by atomic mass is 16.5. The molecule has 1 aromatic rings. The molecule has 108 valence electrons.